The summed E-state index contributed by atoms with van der Waals surface area (Å²) >= 11 is 5.90. The van der Waals surface area contributed by atoms with Crippen LogP contribution in [0.15, 0.2) is 48.5 Å². The van der Waals surface area contributed by atoms with Crippen molar-refractivity contribution in [3.05, 3.63) is 54.1 Å². The Morgan fingerprint density at radius 3 is 2.77 bits per heavy atom. The number of ether oxygens (including phenoxy) is 1. The molecule has 2 aromatic carbocycles. The number of benzene rings is 2. The lowest BCUT2D eigenvalue weighted by Gasteiger charge is -2.20. The van der Waals surface area contributed by atoms with Crippen molar-refractivity contribution < 1.29 is 9.53 Å². The molecular weight excluding hydrogens is 298 g/mol. The van der Waals surface area contributed by atoms with Gasteiger partial charge in [-0.05, 0) is 42.7 Å². The molecule has 0 bridgehead atoms. The number of halogens is 1. The highest BCUT2D eigenvalue weighted by molar-refractivity contribution is 6.18. The van der Waals surface area contributed by atoms with Crippen LogP contribution in [0.25, 0.3) is 0 Å². The molecule has 1 heterocycles. The van der Waals surface area contributed by atoms with Gasteiger partial charge in [0.1, 0.15) is 5.75 Å². The molecule has 4 heteroatoms. The molecule has 3 nitrogen and oxygen atoms in total. The van der Waals surface area contributed by atoms with Gasteiger partial charge < -0.3 is 9.64 Å². The van der Waals surface area contributed by atoms with Gasteiger partial charge in [0.05, 0.1) is 5.69 Å². The van der Waals surface area contributed by atoms with Crippen LogP contribution in [0, 0.1) is 12.8 Å². The van der Waals surface area contributed by atoms with E-state index in [1.54, 1.807) is 4.90 Å². The molecule has 114 valence electrons. The number of hydrogen-bond donors (Lipinski definition) is 0. The Morgan fingerprint density at radius 2 is 2.05 bits per heavy atom. The van der Waals surface area contributed by atoms with E-state index >= 15 is 0 Å². The lowest BCUT2D eigenvalue weighted by molar-refractivity contribution is -0.117. The van der Waals surface area contributed by atoms with Crippen LogP contribution in [0.2, 0.25) is 0 Å². The van der Waals surface area contributed by atoms with E-state index in [0.717, 1.165) is 17.0 Å². The number of alkyl halides is 1. The van der Waals surface area contributed by atoms with E-state index in [4.69, 9.17) is 16.3 Å². The molecule has 1 saturated heterocycles. The highest BCUT2D eigenvalue weighted by Gasteiger charge is 2.31. The van der Waals surface area contributed by atoms with Crippen LogP contribution in [0.3, 0.4) is 0 Å². The van der Waals surface area contributed by atoms with Crippen molar-refractivity contribution in [2.45, 2.75) is 13.3 Å². The minimum atomic E-state index is 0.103. The number of amides is 1. The van der Waals surface area contributed by atoms with Crippen molar-refractivity contribution in [2.75, 3.05) is 17.3 Å². The van der Waals surface area contributed by atoms with Crippen LogP contribution in [0.5, 0.6) is 11.5 Å². The van der Waals surface area contributed by atoms with Crippen LogP contribution in [0.1, 0.15) is 12.0 Å². The van der Waals surface area contributed by atoms with Gasteiger partial charge in [0.25, 0.3) is 0 Å². The first-order valence-electron chi connectivity index (χ1n) is 7.37. The van der Waals surface area contributed by atoms with Crippen LogP contribution in [0.4, 0.5) is 5.69 Å². The highest BCUT2D eigenvalue weighted by Crippen LogP contribution is 2.35. The van der Waals surface area contributed by atoms with Gasteiger partial charge in [0.2, 0.25) is 5.91 Å². The fourth-order valence-electron chi connectivity index (χ4n) is 2.69. The van der Waals surface area contributed by atoms with E-state index in [-0.39, 0.29) is 11.8 Å². The van der Waals surface area contributed by atoms with E-state index in [2.05, 4.69) is 0 Å². The van der Waals surface area contributed by atoms with Crippen molar-refractivity contribution in [2.24, 2.45) is 5.92 Å². The van der Waals surface area contributed by atoms with Gasteiger partial charge in [0, 0.05) is 18.8 Å². The fraction of sp³-hybridized carbons (Fsp3) is 0.278. The summed E-state index contributed by atoms with van der Waals surface area (Å²) < 4.78 is 5.99. The molecular formula is C18H18ClNO2. The summed E-state index contributed by atoms with van der Waals surface area (Å²) in [6, 6.07) is 15.5. The van der Waals surface area contributed by atoms with Crippen LogP contribution in [-0.2, 0) is 4.79 Å². The maximum Gasteiger partial charge on any atom is 0.227 e. The van der Waals surface area contributed by atoms with Gasteiger partial charge >= 0.3 is 0 Å². The average Bonchev–Trinajstić information content (AvgIpc) is 2.89. The summed E-state index contributed by atoms with van der Waals surface area (Å²) in [7, 11) is 0. The Balaban J connectivity index is 1.89. The number of nitrogens with zero attached hydrogens (tertiary/aromatic N) is 1. The van der Waals surface area contributed by atoms with Gasteiger partial charge in [-0.25, -0.2) is 0 Å². The summed E-state index contributed by atoms with van der Waals surface area (Å²) in [6.07, 6.45) is 0.502. The summed E-state index contributed by atoms with van der Waals surface area (Å²) in [5.41, 5.74) is 1.94. The lowest BCUT2D eigenvalue weighted by Crippen LogP contribution is -2.25. The zero-order valence-corrected chi connectivity index (χ0v) is 13.2. The number of anilines is 1. The molecule has 22 heavy (non-hydrogen) atoms. The zero-order valence-electron chi connectivity index (χ0n) is 12.5. The largest absolute Gasteiger partial charge is 0.455 e. The van der Waals surface area contributed by atoms with E-state index in [9.17, 15) is 4.79 Å². The molecule has 0 spiro atoms. The van der Waals surface area contributed by atoms with Gasteiger partial charge in [-0.15, -0.1) is 11.6 Å². The number of hydrogen-bond acceptors (Lipinski definition) is 2. The van der Waals surface area contributed by atoms with Crippen molar-refractivity contribution in [3.8, 4) is 11.5 Å². The number of rotatable bonds is 4. The molecule has 1 fully saturated rings. The Morgan fingerprint density at radius 1 is 1.23 bits per heavy atom. The topological polar surface area (TPSA) is 29.5 Å². The van der Waals surface area contributed by atoms with Crippen LogP contribution in [-0.4, -0.2) is 18.3 Å². The normalized spacial score (nSPS) is 17.8. The van der Waals surface area contributed by atoms with Gasteiger partial charge in [-0.1, -0.05) is 24.3 Å². The molecule has 0 radical (unpaired) electrons. The number of carbonyl (C=O) groups is 1. The van der Waals surface area contributed by atoms with Crippen molar-refractivity contribution in [1.82, 2.24) is 0 Å². The molecule has 1 aliphatic heterocycles. The van der Waals surface area contributed by atoms with Gasteiger partial charge in [0.15, 0.2) is 5.75 Å². The first-order valence-corrected chi connectivity index (χ1v) is 7.90. The predicted molar refractivity (Wildman–Crippen MR) is 88.9 cm³/mol. The standard InChI is InChI=1S/C18H18ClNO2/c1-13-5-4-6-15(9-13)22-17-8-3-2-7-16(17)20-12-14(11-19)10-18(20)21/h2-9,14H,10-12H2,1H3. The molecule has 0 saturated carbocycles. The molecule has 1 amide bonds. The Bertz CT molecular complexity index is 686. The second-order valence-electron chi connectivity index (χ2n) is 5.62. The third kappa shape index (κ3) is 3.09. The number of para-hydroxylation sites is 2. The van der Waals surface area contributed by atoms with E-state index < -0.39 is 0 Å². The molecule has 0 aromatic heterocycles. The van der Waals surface area contributed by atoms with Gasteiger partial charge in [-0.3, -0.25) is 4.79 Å². The Kier molecular flexibility index (Phi) is 4.34. The summed E-state index contributed by atoms with van der Waals surface area (Å²) in [5.74, 6) is 2.28. The van der Waals surface area contributed by atoms with Gasteiger partial charge in [-0.2, -0.15) is 0 Å². The van der Waals surface area contributed by atoms with Crippen molar-refractivity contribution >= 4 is 23.2 Å². The minimum absolute atomic E-state index is 0.103. The third-order valence-electron chi connectivity index (χ3n) is 3.80. The Hall–Kier alpha value is -2.00. The molecule has 0 aliphatic carbocycles. The van der Waals surface area contributed by atoms with Crippen LogP contribution >= 0.6 is 11.6 Å². The van der Waals surface area contributed by atoms with E-state index in [1.165, 1.54) is 0 Å². The average molecular weight is 316 g/mol. The lowest BCUT2D eigenvalue weighted by atomic mass is 10.1. The summed E-state index contributed by atoms with van der Waals surface area (Å²) in [4.78, 5) is 14.0. The smallest absolute Gasteiger partial charge is 0.227 e. The number of carbonyl (C=O) groups excluding carboxylic acids is 1. The second-order valence-corrected chi connectivity index (χ2v) is 5.92. The molecule has 0 N–H and O–H groups in total. The van der Waals surface area contributed by atoms with E-state index in [1.807, 2.05) is 55.5 Å². The third-order valence-corrected chi connectivity index (χ3v) is 4.23. The molecule has 3 rings (SSSR count). The first-order chi connectivity index (χ1) is 10.7. The van der Waals surface area contributed by atoms with E-state index in [0.29, 0.717) is 24.6 Å². The maximum atomic E-state index is 12.2. The molecule has 1 atom stereocenters. The quantitative estimate of drug-likeness (QED) is 0.784. The molecule has 1 unspecified atom stereocenters. The van der Waals surface area contributed by atoms with Crippen molar-refractivity contribution in [3.63, 3.8) is 0 Å². The zero-order chi connectivity index (χ0) is 15.5. The monoisotopic (exact) mass is 315 g/mol. The van der Waals surface area contributed by atoms with Crippen molar-refractivity contribution in [1.29, 1.82) is 0 Å². The molecule has 2 aromatic rings. The minimum Gasteiger partial charge on any atom is -0.455 e. The second kappa shape index (κ2) is 6.41. The fourth-order valence-corrected chi connectivity index (χ4v) is 2.90. The Labute approximate surface area is 135 Å². The highest BCUT2D eigenvalue weighted by atomic mass is 35.5. The first kappa shape index (κ1) is 14.9. The van der Waals surface area contributed by atoms with Crippen LogP contribution < -0.4 is 9.64 Å². The maximum absolute atomic E-state index is 12.2. The summed E-state index contributed by atoms with van der Waals surface area (Å²) in [5, 5.41) is 0. The summed E-state index contributed by atoms with van der Waals surface area (Å²) in [6.45, 7) is 2.67. The SMILES string of the molecule is Cc1cccc(Oc2ccccc2N2CC(CCl)CC2=O)c1. The number of aryl methyl sites for hydroxylation is 1. The molecule has 1 aliphatic rings. The predicted octanol–water partition coefficient (Wildman–Crippen LogP) is 4.38.